The Morgan fingerprint density at radius 1 is 1.14 bits per heavy atom. The number of carbonyl (C=O) groups excluding carboxylic acids is 1. The Bertz CT molecular complexity index is 1120. The van der Waals surface area contributed by atoms with E-state index in [-0.39, 0.29) is 23.2 Å². The molecule has 5 nitrogen and oxygen atoms in total. The summed E-state index contributed by atoms with van der Waals surface area (Å²) in [5.41, 5.74) is 2.60. The van der Waals surface area contributed by atoms with Crippen LogP contribution in [0.25, 0.3) is 11.0 Å². The topological polar surface area (TPSA) is 64.2 Å². The van der Waals surface area contributed by atoms with Crippen LogP contribution in [0.15, 0.2) is 75.3 Å². The first-order valence-electron chi connectivity index (χ1n) is 9.09. The lowest BCUT2D eigenvalue weighted by Crippen LogP contribution is -2.30. The molecule has 0 saturated heterocycles. The fourth-order valence-corrected chi connectivity index (χ4v) is 3.99. The Kier molecular flexibility index (Phi) is 5.12. The second-order valence-corrected chi connectivity index (χ2v) is 7.46. The molecule has 2 aromatic heterocycles. The first-order chi connectivity index (χ1) is 13.6. The summed E-state index contributed by atoms with van der Waals surface area (Å²) in [7, 11) is 0. The Morgan fingerprint density at radius 3 is 2.61 bits per heavy atom. The molecule has 2 aromatic carbocycles. The highest BCUT2D eigenvalue weighted by Crippen LogP contribution is 2.28. The van der Waals surface area contributed by atoms with E-state index >= 15 is 0 Å². The molecule has 0 bridgehead atoms. The van der Waals surface area contributed by atoms with Gasteiger partial charge in [-0.05, 0) is 24.6 Å². The van der Waals surface area contributed by atoms with Crippen LogP contribution in [0.1, 0.15) is 29.5 Å². The van der Waals surface area contributed by atoms with E-state index in [1.807, 2.05) is 67.6 Å². The first-order valence-corrected chi connectivity index (χ1v) is 9.97. The Balaban J connectivity index is 1.57. The standard InChI is InChI=1S/C22H20N2O3S/c1-15-14-28-22(26)24(15)12-11-20(25)23-21(16-7-3-2-4-8-16)19-13-17-9-5-6-10-18(17)27-19/h2-10,13-14,21H,11-12H2,1H3,(H,23,25). The zero-order valence-corrected chi connectivity index (χ0v) is 16.2. The van der Waals surface area contributed by atoms with E-state index < -0.39 is 0 Å². The fraction of sp³-hybridized carbons (Fsp3) is 0.182. The number of nitrogens with zero attached hydrogens (tertiary/aromatic N) is 1. The van der Waals surface area contributed by atoms with E-state index in [2.05, 4.69) is 5.32 Å². The number of rotatable bonds is 6. The van der Waals surface area contributed by atoms with Gasteiger partial charge in [-0.15, -0.1) is 0 Å². The largest absolute Gasteiger partial charge is 0.459 e. The van der Waals surface area contributed by atoms with Gasteiger partial charge in [0, 0.05) is 29.4 Å². The van der Waals surface area contributed by atoms with Crippen LogP contribution < -0.4 is 10.2 Å². The van der Waals surface area contributed by atoms with Crippen LogP contribution in [-0.2, 0) is 11.3 Å². The molecule has 142 valence electrons. The van der Waals surface area contributed by atoms with E-state index in [1.54, 1.807) is 9.95 Å². The summed E-state index contributed by atoms with van der Waals surface area (Å²) in [6.07, 6.45) is 0.223. The second kappa shape index (κ2) is 7.86. The average molecular weight is 392 g/mol. The van der Waals surface area contributed by atoms with E-state index in [4.69, 9.17) is 4.42 Å². The maximum absolute atomic E-state index is 12.7. The number of aromatic nitrogens is 1. The quantitative estimate of drug-likeness (QED) is 0.533. The van der Waals surface area contributed by atoms with Gasteiger partial charge in [-0.25, -0.2) is 0 Å². The molecule has 6 heteroatoms. The SMILES string of the molecule is Cc1csc(=O)n1CCC(=O)NC(c1ccccc1)c1cc2ccccc2o1. The third kappa shape index (κ3) is 3.77. The van der Waals surface area contributed by atoms with Crippen LogP contribution in [0.5, 0.6) is 0 Å². The van der Waals surface area contributed by atoms with Crippen LogP contribution in [0, 0.1) is 6.92 Å². The van der Waals surface area contributed by atoms with Crippen molar-refractivity contribution in [2.45, 2.75) is 25.9 Å². The Hall–Kier alpha value is -3.12. The highest BCUT2D eigenvalue weighted by Gasteiger charge is 2.21. The van der Waals surface area contributed by atoms with Crippen molar-refractivity contribution in [3.05, 3.63) is 92.7 Å². The van der Waals surface area contributed by atoms with Gasteiger partial charge in [0.15, 0.2) is 0 Å². The second-order valence-electron chi connectivity index (χ2n) is 6.64. The number of amides is 1. The van der Waals surface area contributed by atoms with Crippen molar-refractivity contribution >= 4 is 28.2 Å². The average Bonchev–Trinajstić information content (AvgIpc) is 3.28. The molecule has 1 amide bonds. The van der Waals surface area contributed by atoms with Crippen LogP contribution in [-0.4, -0.2) is 10.5 Å². The molecule has 28 heavy (non-hydrogen) atoms. The summed E-state index contributed by atoms with van der Waals surface area (Å²) in [5.74, 6) is 0.552. The summed E-state index contributed by atoms with van der Waals surface area (Å²) >= 11 is 1.15. The predicted molar refractivity (Wildman–Crippen MR) is 111 cm³/mol. The lowest BCUT2D eigenvalue weighted by atomic mass is 10.0. The number of aryl methyl sites for hydroxylation is 1. The van der Waals surface area contributed by atoms with Gasteiger partial charge in [-0.3, -0.25) is 9.59 Å². The van der Waals surface area contributed by atoms with Crippen LogP contribution in [0.2, 0.25) is 0 Å². The Labute approximate surface area is 166 Å². The van der Waals surface area contributed by atoms with Crippen molar-refractivity contribution in [2.24, 2.45) is 0 Å². The lowest BCUT2D eigenvalue weighted by Gasteiger charge is -2.17. The number of thiazole rings is 1. The first kappa shape index (κ1) is 18.3. The zero-order valence-electron chi connectivity index (χ0n) is 15.4. The van der Waals surface area contributed by atoms with E-state index in [0.717, 1.165) is 33.6 Å². The van der Waals surface area contributed by atoms with Crippen LogP contribution in [0.3, 0.4) is 0 Å². The number of hydrogen-bond donors (Lipinski definition) is 1. The van der Waals surface area contributed by atoms with Gasteiger partial charge in [0.25, 0.3) is 0 Å². The van der Waals surface area contributed by atoms with Gasteiger partial charge in [0.2, 0.25) is 5.91 Å². The molecule has 4 aromatic rings. The minimum atomic E-state index is -0.388. The van der Waals surface area contributed by atoms with Gasteiger partial charge in [0.1, 0.15) is 17.4 Å². The smallest absolute Gasteiger partial charge is 0.307 e. The number of fused-ring (bicyclic) bond motifs is 1. The molecule has 1 N–H and O–H groups in total. The van der Waals surface area contributed by atoms with Crippen molar-refractivity contribution in [1.82, 2.24) is 9.88 Å². The third-order valence-corrected chi connectivity index (χ3v) is 5.59. The van der Waals surface area contributed by atoms with E-state index in [1.165, 1.54) is 0 Å². The van der Waals surface area contributed by atoms with Crippen molar-refractivity contribution in [2.75, 3.05) is 0 Å². The van der Waals surface area contributed by atoms with Gasteiger partial charge >= 0.3 is 4.87 Å². The monoisotopic (exact) mass is 392 g/mol. The normalized spacial score (nSPS) is 12.2. The minimum absolute atomic E-state index is 0.0396. The molecule has 0 aliphatic carbocycles. The summed E-state index contributed by atoms with van der Waals surface area (Å²) in [4.78, 5) is 24.5. The van der Waals surface area contributed by atoms with Crippen LogP contribution >= 0.6 is 11.3 Å². The molecule has 1 unspecified atom stereocenters. The maximum Gasteiger partial charge on any atom is 0.307 e. The third-order valence-electron chi connectivity index (χ3n) is 4.71. The summed E-state index contributed by atoms with van der Waals surface area (Å²) in [6, 6.07) is 19.1. The fourth-order valence-electron chi connectivity index (χ4n) is 3.23. The molecular formula is C22H20N2O3S. The van der Waals surface area contributed by atoms with Gasteiger partial charge in [-0.1, -0.05) is 59.9 Å². The molecule has 0 aliphatic heterocycles. The number of furan rings is 1. The molecule has 1 atom stereocenters. The summed E-state index contributed by atoms with van der Waals surface area (Å²) in [5, 5.41) is 5.87. The number of hydrogen-bond acceptors (Lipinski definition) is 4. The zero-order chi connectivity index (χ0) is 19.5. The number of para-hydroxylation sites is 1. The van der Waals surface area contributed by atoms with Crippen LogP contribution in [0.4, 0.5) is 0 Å². The highest BCUT2D eigenvalue weighted by molar-refractivity contribution is 7.07. The number of benzene rings is 2. The lowest BCUT2D eigenvalue weighted by molar-refractivity contribution is -0.121. The van der Waals surface area contributed by atoms with Crippen molar-refractivity contribution in [3.8, 4) is 0 Å². The van der Waals surface area contributed by atoms with E-state index in [0.29, 0.717) is 12.3 Å². The molecule has 0 radical (unpaired) electrons. The molecule has 0 fully saturated rings. The maximum atomic E-state index is 12.7. The summed E-state index contributed by atoms with van der Waals surface area (Å²) in [6.45, 7) is 2.23. The van der Waals surface area contributed by atoms with Crippen molar-refractivity contribution in [3.63, 3.8) is 0 Å². The van der Waals surface area contributed by atoms with Crippen molar-refractivity contribution < 1.29 is 9.21 Å². The minimum Gasteiger partial charge on any atom is -0.459 e. The number of nitrogens with one attached hydrogen (secondary N) is 1. The predicted octanol–water partition coefficient (Wildman–Crippen LogP) is 4.26. The Morgan fingerprint density at radius 2 is 1.89 bits per heavy atom. The van der Waals surface area contributed by atoms with E-state index in [9.17, 15) is 9.59 Å². The van der Waals surface area contributed by atoms with Crippen molar-refractivity contribution in [1.29, 1.82) is 0 Å². The molecule has 0 spiro atoms. The number of carbonyl (C=O) groups is 1. The molecule has 4 rings (SSSR count). The molecular weight excluding hydrogens is 372 g/mol. The molecule has 0 saturated carbocycles. The molecule has 2 heterocycles. The molecule has 0 aliphatic rings. The summed E-state index contributed by atoms with van der Waals surface area (Å²) < 4.78 is 7.63. The van der Waals surface area contributed by atoms with Gasteiger partial charge in [-0.2, -0.15) is 0 Å². The van der Waals surface area contributed by atoms with Gasteiger partial charge < -0.3 is 14.3 Å². The highest BCUT2D eigenvalue weighted by atomic mass is 32.1. The van der Waals surface area contributed by atoms with Gasteiger partial charge in [0.05, 0.1) is 0 Å².